The van der Waals surface area contributed by atoms with Crippen LogP contribution in [0.3, 0.4) is 0 Å². The number of piperazine rings is 1. The van der Waals surface area contributed by atoms with Crippen molar-refractivity contribution in [3.63, 3.8) is 0 Å². The zero-order valence-corrected chi connectivity index (χ0v) is 22.3. The lowest BCUT2D eigenvalue weighted by atomic mass is 10.1. The van der Waals surface area contributed by atoms with Crippen molar-refractivity contribution in [3.8, 4) is 11.5 Å². The number of carbonyl (C=O) groups excluding carboxylic acids is 2. The van der Waals surface area contributed by atoms with Crippen molar-refractivity contribution in [3.05, 3.63) is 87.8 Å². The fraction of sp³-hybridized carbons (Fsp3) is 0.267. The molecule has 3 aliphatic rings. The van der Waals surface area contributed by atoms with Gasteiger partial charge in [-0.05, 0) is 54.5 Å². The van der Waals surface area contributed by atoms with E-state index in [1.165, 1.54) is 17.3 Å². The van der Waals surface area contributed by atoms with Crippen LogP contribution in [-0.4, -0.2) is 61.6 Å². The molecule has 3 aromatic rings. The Hall–Kier alpha value is -3.75. The van der Waals surface area contributed by atoms with E-state index < -0.39 is 0 Å². The molecule has 0 radical (unpaired) electrons. The largest absolute Gasteiger partial charge is 0.454 e. The number of amides is 2. The van der Waals surface area contributed by atoms with Crippen LogP contribution in [0, 0.1) is 6.92 Å². The summed E-state index contributed by atoms with van der Waals surface area (Å²) in [6.07, 6.45) is 1.93. The Morgan fingerprint density at radius 3 is 2.61 bits per heavy atom. The van der Waals surface area contributed by atoms with Crippen LogP contribution < -0.4 is 14.4 Å². The second-order valence-electron chi connectivity index (χ2n) is 9.83. The topological polar surface area (TPSA) is 62.3 Å². The quantitative estimate of drug-likeness (QED) is 0.455. The molecule has 194 valence electrons. The first-order chi connectivity index (χ1) is 18.4. The Kier molecular flexibility index (Phi) is 6.59. The molecule has 0 unspecified atom stereocenters. The Balaban J connectivity index is 1.11. The molecule has 1 saturated heterocycles. The van der Waals surface area contributed by atoms with Gasteiger partial charge in [0, 0.05) is 50.2 Å². The molecule has 8 heteroatoms. The second-order valence-corrected chi connectivity index (χ2v) is 10.9. The van der Waals surface area contributed by atoms with Gasteiger partial charge in [-0.3, -0.25) is 14.5 Å². The van der Waals surface area contributed by atoms with Crippen LogP contribution in [0.15, 0.2) is 70.5 Å². The molecule has 0 aromatic heterocycles. The first-order valence-corrected chi connectivity index (χ1v) is 13.5. The maximum Gasteiger partial charge on any atom is 0.264 e. The van der Waals surface area contributed by atoms with Gasteiger partial charge in [-0.2, -0.15) is 0 Å². The summed E-state index contributed by atoms with van der Waals surface area (Å²) in [5, 5.41) is 0. The molecular weight excluding hydrogens is 498 g/mol. The third-order valence-electron chi connectivity index (χ3n) is 7.15. The standard InChI is InChI=1S/C30H29N3O4S/c1-20-4-3-5-21(14-20)16-28-30(35)31(2)24-17-23(7-9-27(24)38-28)29(34)33-12-10-32(11-13-33)18-22-6-8-25-26(15-22)37-19-36-25/h3-9,14-17H,10-13,18-19H2,1-2H3/b28-16+. The molecule has 3 heterocycles. The van der Waals surface area contributed by atoms with E-state index in [2.05, 4.69) is 17.0 Å². The summed E-state index contributed by atoms with van der Waals surface area (Å²) in [7, 11) is 1.77. The van der Waals surface area contributed by atoms with Crippen LogP contribution in [0.25, 0.3) is 6.08 Å². The van der Waals surface area contributed by atoms with E-state index in [4.69, 9.17) is 9.47 Å². The molecule has 2 amide bonds. The minimum atomic E-state index is -0.0641. The lowest BCUT2D eigenvalue weighted by Crippen LogP contribution is -2.48. The number of likely N-dealkylation sites (N-methyl/N-ethyl adjacent to an activating group) is 1. The molecule has 0 N–H and O–H groups in total. The fourth-order valence-corrected chi connectivity index (χ4v) is 6.12. The highest BCUT2D eigenvalue weighted by Gasteiger charge is 2.29. The summed E-state index contributed by atoms with van der Waals surface area (Å²) in [5.74, 6) is 1.52. The first kappa shape index (κ1) is 24.6. The van der Waals surface area contributed by atoms with E-state index in [9.17, 15) is 9.59 Å². The fourth-order valence-electron chi connectivity index (χ4n) is 5.03. The highest BCUT2D eigenvalue weighted by atomic mass is 32.2. The molecular formula is C30H29N3O4S. The number of hydrogen-bond acceptors (Lipinski definition) is 6. The van der Waals surface area contributed by atoms with Gasteiger partial charge in [-0.1, -0.05) is 47.7 Å². The van der Waals surface area contributed by atoms with Crippen LogP contribution in [-0.2, 0) is 11.3 Å². The minimum absolute atomic E-state index is 0.00229. The Morgan fingerprint density at radius 1 is 0.974 bits per heavy atom. The van der Waals surface area contributed by atoms with Crippen LogP contribution in [0.4, 0.5) is 5.69 Å². The number of aryl methyl sites for hydroxylation is 1. The van der Waals surface area contributed by atoms with Gasteiger partial charge in [0.2, 0.25) is 6.79 Å². The zero-order valence-electron chi connectivity index (χ0n) is 21.5. The summed E-state index contributed by atoms with van der Waals surface area (Å²) < 4.78 is 10.9. The summed E-state index contributed by atoms with van der Waals surface area (Å²) in [4.78, 5) is 34.0. The third-order valence-corrected chi connectivity index (χ3v) is 8.22. The Labute approximate surface area is 226 Å². The molecule has 3 aliphatic heterocycles. The van der Waals surface area contributed by atoms with Gasteiger partial charge in [0.1, 0.15) is 0 Å². The lowest BCUT2D eigenvalue weighted by molar-refractivity contribution is -0.114. The van der Waals surface area contributed by atoms with E-state index >= 15 is 0 Å². The Morgan fingerprint density at radius 2 is 1.79 bits per heavy atom. The first-order valence-electron chi connectivity index (χ1n) is 12.7. The van der Waals surface area contributed by atoms with Gasteiger partial charge in [0.15, 0.2) is 11.5 Å². The number of thioether (sulfide) groups is 1. The van der Waals surface area contributed by atoms with Crippen LogP contribution in [0.2, 0.25) is 0 Å². The monoisotopic (exact) mass is 527 g/mol. The predicted octanol–water partition coefficient (Wildman–Crippen LogP) is 4.79. The van der Waals surface area contributed by atoms with Gasteiger partial charge in [0.05, 0.1) is 10.6 Å². The van der Waals surface area contributed by atoms with Crippen molar-refractivity contribution >= 4 is 35.3 Å². The zero-order chi connectivity index (χ0) is 26.2. The van der Waals surface area contributed by atoms with Crippen molar-refractivity contribution in [2.24, 2.45) is 0 Å². The van der Waals surface area contributed by atoms with E-state index in [0.717, 1.165) is 52.8 Å². The molecule has 6 rings (SSSR count). The van der Waals surface area contributed by atoms with Crippen molar-refractivity contribution in [2.75, 3.05) is 44.9 Å². The molecule has 0 saturated carbocycles. The summed E-state index contributed by atoms with van der Waals surface area (Å²) in [5.41, 5.74) is 4.71. The van der Waals surface area contributed by atoms with E-state index in [0.29, 0.717) is 23.6 Å². The number of carbonyl (C=O) groups is 2. The third kappa shape index (κ3) is 4.89. The van der Waals surface area contributed by atoms with E-state index in [1.807, 2.05) is 66.4 Å². The molecule has 7 nitrogen and oxygen atoms in total. The molecule has 1 fully saturated rings. The summed E-state index contributed by atoms with van der Waals surface area (Å²) in [6, 6.07) is 19.8. The highest BCUT2D eigenvalue weighted by Crippen LogP contribution is 2.42. The predicted molar refractivity (Wildman–Crippen MR) is 149 cm³/mol. The summed E-state index contributed by atoms with van der Waals surface area (Å²) >= 11 is 1.46. The number of anilines is 1. The van der Waals surface area contributed by atoms with Crippen molar-refractivity contribution < 1.29 is 19.1 Å². The highest BCUT2D eigenvalue weighted by molar-refractivity contribution is 8.04. The maximum absolute atomic E-state index is 13.4. The molecule has 0 bridgehead atoms. The van der Waals surface area contributed by atoms with Crippen LogP contribution in [0.1, 0.15) is 27.0 Å². The lowest BCUT2D eigenvalue weighted by Gasteiger charge is -2.35. The van der Waals surface area contributed by atoms with Gasteiger partial charge in [-0.15, -0.1) is 0 Å². The molecule has 0 spiro atoms. The van der Waals surface area contributed by atoms with Crippen molar-refractivity contribution in [1.29, 1.82) is 0 Å². The normalized spacial score (nSPS) is 18.2. The van der Waals surface area contributed by atoms with Crippen LogP contribution in [0.5, 0.6) is 11.5 Å². The number of benzene rings is 3. The molecule has 3 aromatic carbocycles. The molecule has 0 aliphatic carbocycles. The average Bonchev–Trinajstić information content (AvgIpc) is 3.40. The SMILES string of the molecule is Cc1cccc(/C=C2/Sc3ccc(C(=O)N4CCN(Cc5ccc6c(c5)OCO6)CC4)cc3N(C)C2=O)c1. The van der Waals surface area contributed by atoms with Crippen molar-refractivity contribution in [1.82, 2.24) is 9.80 Å². The molecule has 38 heavy (non-hydrogen) atoms. The smallest absolute Gasteiger partial charge is 0.264 e. The van der Waals surface area contributed by atoms with Gasteiger partial charge < -0.3 is 19.3 Å². The van der Waals surface area contributed by atoms with Gasteiger partial charge in [0.25, 0.3) is 11.8 Å². The molecule has 0 atom stereocenters. The van der Waals surface area contributed by atoms with Crippen molar-refractivity contribution in [2.45, 2.75) is 18.4 Å². The number of hydrogen-bond donors (Lipinski definition) is 0. The van der Waals surface area contributed by atoms with Crippen LogP contribution >= 0.6 is 11.8 Å². The number of rotatable bonds is 4. The number of fused-ring (bicyclic) bond motifs is 2. The van der Waals surface area contributed by atoms with E-state index in [-0.39, 0.29) is 18.6 Å². The van der Waals surface area contributed by atoms with Gasteiger partial charge >= 0.3 is 0 Å². The average molecular weight is 528 g/mol. The minimum Gasteiger partial charge on any atom is -0.454 e. The number of nitrogens with zero attached hydrogens (tertiary/aromatic N) is 3. The Bertz CT molecular complexity index is 1450. The van der Waals surface area contributed by atoms with E-state index in [1.54, 1.807) is 11.9 Å². The number of ether oxygens (including phenoxy) is 2. The maximum atomic E-state index is 13.4. The van der Waals surface area contributed by atoms with Gasteiger partial charge in [-0.25, -0.2) is 0 Å². The second kappa shape index (κ2) is 10.2. The summed E-state index contributed by atoms with van der Waals surface area (Å²) in [6.45, 7) is 6.03.